The highest BCUT2D eigenvalue weighted by atomic mass is 16.5. The molecule has 0 atom stereocenters. The first-order valence-electron chi connectivity index (χ1n) is 15.5. The molecule has 9 nitrogen and oxygen atoms in total. The fourth-order valence-corrected chi connectivity index (χ4v) is 6.00. The summed E-state index contributed by atoms with van der Waals surface area (Å²) in [6.07, 6.45) is 1.07. The molecule has 0 aromatic heterocycles. The third-order valence-corrected chi connectivity index (χ3v) is 8.60. The summed E-state index contributed by atoms with van der Waals surface area (Å²) in [6, 6.07) is 30.9. The molecular weight excluding hydrogens is 582 g/mol. The maximum absolute atomic E-state index is 13.8. The summed E-state index contributed by atoms with van der Waals surface area (Å²) in [5.41, 5.74) is 3.01. The molecule has 6 rings (SSSR count). The van der Waals surface area contributed by atoms with Crippen LogP contribution in [0.4, 0.5) is 4.79 Å². The number of piperidine rings is 1. The number of benzene rings is 4. The van der Waals surface area contributed by atoms with Gasteiger partial charge in [0.2, 0.25) is 0 Å². The summed E-state index contributed by atoms with van der Waals surface area (Å²) >= 11 is 0. The Kier molecular flexibility index (Phi) is 9.40. The number of urea groups is 1. The van der Waals surface area contributed by atoms with Crippen LogP contribution in [0.1, 0.15) is 35.1 Å². The Labute approximate surface area is 269 Å². The molecule has 0 aliphatic carbocycles. The van der Waals surface area contributed by atoms with E-state index in [4.69, 9.17) is 18.9 Å². The molecule has 4 aromatic rings. The highest BCUT2D eigenvalue weighted by molar-refractivity contribution is 6.07. The molecule has 2 aliphatic heterocycles. The van der Waals surface area contributed by atoms with Gasteiger partial charge in [0.05, 0.1) is 20.8 Å². The van der Waals surface area contributed by atoms with Crippen LogP contribution in [0.25, 0.3) is 0 Å². The molecule has 0 unspecified atom stereocenters. The maximum atomic E-state index is 13.8. The third kappa shape index (κ3) is 7.10. The number of nitrogens with zero attached hydrogens (tertiary/aromatic N) is 2. The predicted molar refractivity (Wildman–Crippen MR) is 174 cm³/mol. The monoisotopic (exact) mass is 621 g/mol. The van der Waals surface area contributed by atoms with E-state index in [1.54, 1.807) is 14.2 Å². The first kappa shape index (κ1) is 31.0. The molecule has 0 bridgehead atoms. The van der Waals surface area contributed by atoms with Crippen molar-refractivity contribution in [3.8, 4) is 23.0 Å². The van der Waals surface area contributed by atoms with Crippen molar-refractivity contribution in [1.82, 2.24) is 15.1 Å². The molecule has 2 aliphatic rings. The summed E-state index contributed by atoms with van der Waals surface area (Å²) in [6.45, 7) is 2.92. The van der Waals surface area contributed by atoms with Crippen LogP contribution in [0.15, 0.2) is 97.1 Å². The molecule has 0 saturated carbocycles. The normalized spacial score (nSPS) is 15.9. The van der Waals surface area contributed by atoms with E-state index in [0.29, 0.717) is 57.2 Å². The zero-order chi connectivity index (χ0) is 31.9. The van der Waals surface area contributed by atoms with Gasteiger partial charge in [0.15, 0.2) is 11.5 Å². The average Bonchev–Trinajstić information content (AvgIpc) is 3.32. The van der Waals surface area contributed by atoms with E-state index in [9.17, 15) is 9.59 Å². The molecule has 3 amide bonds. The highest BCUT2D eigenvalue weighted by Crippen LogP contribution is 2.34. The van der Waals surface area contributed by atoms with Crippen molar-refractivity contribution in [2.24, 2.45) is 0 Å². The van der Waals surface area contributed by atoms with Crippen molar-refractivity contribution in [3.63, 3.8) is 0 Å². The molecule has 4 aromatic carbocycles. The summed E-state index contributed by atoms with van der Waals surface area (Å²) < 4.78 is 23.2. The number of carbonyl (C=O) groups excluding carboxylic acids is 2. The summed E-state index contributed by atoms with van der Waals surface area (Å²) in [7, 11) is 3.27. The van der Waals surface area contributed by atoms with E-state index >= 15 is 0 Å². The SMILES string of the molecule is COc1cc(CN2CCC3(CC2)NC(=O)N(Cc2ccc(OCc4ccccc4)c(OCc4ccccc4)c2)C3=O)cc(OC)c1. The van der Waals surface area contributed by atoms with E-state index in [0.717, 1.165) is 33.8 Å². The van der Waals surface area contributed by atoms with E-state index in [-0.39, 0.29) is 18.5 Å². The van der Waals surface area contributed by atoms with Gasteiger partial charge < -0.3 is 24.3 Å². The Hall–Kier alpha value is -5.02. The fourth-order valence-electron chi connectivity index (χ4n) is 6.00. The minimum atomic E-state index is -0.898. The molecule has 1 N–H and O–H groups in total. The number of imide groups is 1. The van der Waals surface area contributed by atoms with E-state index in [2.05, 4.69) is 10.2 Å². The first-order chi connectivity index (χ1) is 22.4. The van der Waals surface area contributed by atoms with E-state index in [1.165, 1.54) is 4.90 Å². The van der Waals surface area contributed by atoms with Crippen LogP contribution >= 0.6 is 0 Å². The Morgan fingerprint density at radius 3 is 1.83 bits per heavy atom. The maximum Gasteiger partial charge on any atom is 0.325 e. The second kappa shape index (κ2) is 14.0. The van der Waals surface area contributed by atoms with E-state index < -0.39 is 5.54 Å². The van der Waals surface area contributed by atoms with Gasteiger partial charge in [0.1, 0.15) is 30.3 Å². The summed E-state index contributed by atoms with van der Waals surface area (Å²) in [4.78, 5) is 30.6. The number of hydrogen-bond donors (Lipinski definition) is 1. The fraction of sp³-hybridized carbons (Fsp3) is 0.297. The average molecular weight is 622 g/mol. The summed E-state index contributed by atoms with van der Waals surface area (Å²) in [5, 5.41) is 3.04. The zero-order valence-electron chi connectivity index (χ0n) is 26.2. The predicted octanol–water partition coefficient (Wildman–Crippen LogP) is 5.95. The number of rotatable bonds is 12. The van der Waals surface area contributed by atoms with Gasteiger partial charge in [-0.2, -0.15) is 0 Å². The van der Waals surface area contributed by atoms with Crippen LogP contribution in [0.2, 0.25) is 0 Å². The van der Waals surface area contributed by atoms with Crippen LogP contribution in [-0.4, -0.2) is 54.6 Å². The molecule has 238 valence electrons. The van der Waals surface area contributed by atoms with Gasteiger partial charge >= 0.3 is 6.03 Å². The van der Waals surface area contributed by atoms with Crippen molar-refractivity contribution >= 4 is 11.9 Å². The third-order valence-electron chi connectivity index (χ3n) is 8.60. The number of carbonyl (C=O) groups is 2. The topological polar surface area (TPSA) is 89.6 Å². The number of methoxy groups -OCH3 is 2. The number of amides is 3. The standard InChI is InChI=1S/C37H39N3O6/c1-43-31-19-30(20-32(22-31)44-2)23-39-17-15-37(16-18-39)35(41)40(36(42)38-37)24-29-13-14-33(45-25-27-9-5-3-6-10-27)34(21-29)46-26-28-11-7-4-8-12-28/h3-14,19-22H,15-18,23-26H2,1-2H3,(H,38,42). The Balaban J connectivity index is 1.12. The van der Waals surface area contributed by atoms with Gasteiger partial charge in [0.25, 0.3) is 5.91 Å². The number of nitrogens with one attached hydrogen (secondary N) is 1. The lowest BCUT2D eigenvalue weighted by Gasteiger charge is -2.37. The van der Waals surface area contributed by atoms with Gasteiger partial charge in [-0.3, -0.25) is 14.6 Å². The zero-order valence-corrected chi connectivity index (χ0v) is 26.2. The van der Waals surface area contributed by atoms with Crippen molar-refractivity contribution < 1.29 is 28.5 Å². The Morgan fingerprint density at radius 2 is 1.24 bits per heavy atom. The van der Waals surface area contributed by atoms with Gasteiger partial charge in [-0.1, -0.05) is 66.7 Å². The first-order valence-corrected chi connectivity index (χ1v) is 15.5. The van der Waals surface area contributed by atoms with Crippen LogP contribution in [0.3, 0.4) is 0 Å². The molecule has 9 heteroatoms. The number of likely N-dealkylation sites (tertiary alicyclic amines) is 1. The van der Waals surface area contributed by atoms with Crippen molar-refractivity contribution in [1.29, 1.82) is 0 Å². The van der Waals surface area contributed by atoms with Gasteiger partial charge in [0, 0.05) is 25.7 Å². The van der Waals surface area contributed by atoms with Crippen molar-refractivity contribution in [2.45, 2.75) is 44.7 Å². The van der Waals surface area contributed by atoms with Gasteiger partial charge in [-0.15, -0.1) is 0 Å². The number of hydrogen-bond acceptors (Lipinski definition) is 7. The van der Waals surface area contributed by atoms with Crippen molar-refractivity contribution in [2.75, 3.05) is 27.3 Å². The lowest BCUT2D eigenvalue weighted by atomic mass is 9.87. The Bertz CT molecular complexity index is 1630. The summed E-state index contributed by atoms with van der Waals surface area (Å²) in [5.74, 6) is 2.44. The highest BCUT2D eigenvalue weighted by Gasteiger charge is 2.52. The minimum absolute atomic E-state index is 0.139. The molecular formula is C37H39N3O6. The molecule has 2 saturated heterocycles. The molecule has 1 spiro atoms. The van der Waals surface area contributed by atoms with Gasteiger partial charge in [-0.25, -0.2) is 4.79 Å². The van der Waals surface area contributed by atoms with Crippen molar-refractivity contribution in [3.05, 3.63) is 119 Å². The second-order valence-electron chi connectivity index (χ2n) is 11.7. The minimum Gasteiger partial charge on any atom is -0.497 e. The van der Waals surface area contributed by atoms with Gasteiger partial charge in [-0.05, 0) is 59.4 Å². The lowest BCUT2D eigenvalue weighted by molar-refractivity contribution is -0.133. The second-order valence-corrected chi connectivity index (χ2v) is 11.7. The molecule has 2 fully saturated rings. The largest absolute Gasteiger partial charge is 0.497 e. The van der Waals surface area contributed by atoms with E-state index in [1.807, 2.05) is 97.1 Å². The lowest BCUT2D eigenvalue weighted by Crippen LogP contribution is -2.54. The van der Waals surface area contributed by atoms with Crippen LogP contribution < -0.4 is 24.3 Å². The Morgan fingerprint density at radius 1 is 0.652 bits per heavy atom. The van der Waals surface area contributed by atoms with Crippen LogP contribution in [-0.2, 0) is 31.1 Å². The molecule has 2 heterocycles. The quantitative estimate of drug-likeness (QED) is 0.196. The van der Waals surface area contributed by atoms with Crippen LogP contribution in [0, 0.1) is 0 Å². The molecule has 46 heavy (non-hydrogen) atoms. The number of ether oxygens (including phenoxy) is 4. The van der Waals surface area contributed by atoms with Crippen LogP contribution in [0.5, 0.6) is 23.0 Å². The smallest absolute Gasteiger partial charge is 0.325 e. The molecule has 0 radical (unpaired) electrons.